The van der Waals surface area contributed by atoms with Crippen LogP contribution in [0.25, 0.3) is 0 Å². The summed E-state index contributed by atoms with van der Waals surface area (Å²) in [6, 6.07) is 8.19. The zero-order valence-corrected chi connectivity index (χ0v) is 11.8. The van der Waals surface area contributed by atoms with Crippen LogP contribution < -0.4 is 0 Å². The van der Waals surface area contributed by atoms with Gasteiger partial charge >= 0.3 is 0 Å². The van der Waals surface area contributed by atoms with Gasteiger partial charge in [0, 0.05) is 25.1 Å². The van der Waals surface area contributed by atoms with Crippen LogP contribution in [0.1, 0.15) is 35.6 Å². The lowest BCUT2D eigenvalue weighted by Gasteiger charge is -2.21. The lowest BCUT2D eigenvalue weighted by molar-refractivity contribution is -0.127. The molecule has 1 saturated heterocycles. The number of likely N-dealkylation sites (tertiary alicyclic amines) is 1. The molecule has 3 rings (SSSR count). The van der Waals surface area contributed by atoms with Crippen LogP contribution in [-0.4, -0.2) is 34.2 Å². The molecule has 1 fully saturated rings. The van der Waals surface area contributed by atoms with Crippen molar-refractivity contribution < 1.29 is 9.35 Å². The molecule has 102 valence electrons. The number of benzene rings is 1. The molecule has 3 nitrogen and oxygen atoms in total. The van der Waals surface area contributed by atoms with Crippen LogP contribution in [0.4, 0.5) is 0 Å². The molecule has 1 heterocycles. The number of amides is 1. The van der Waals surface area contributed by atoms with E-state index in [1.807, 2.05) is 17.0 Å². The van der Waals surface area contributed by atoms with E-state index < -0.39 is 11.2 Å². The molecule has 2 unspecified atom stereocenters. The Morgan fingerprint density at radius 2 is 2.05 bits per heavy atom. The number of fused-ring (bicyclic) bond motifs is 1. The monoisotopic (exact) mass is 277 g/mol. The Morgan fingerprint density at radius 1 is 1.32 bits per heavy atom. The van der Waals surface area contributed by atoms with Crippen LogP contribution in [0.2, 0.25) is 0 Å². The predicted molar refractivity (Wildman–Crippen MR) is 76.3 cm³/mol. The number of hydrogen-bond acceptors (Lipinski definition) is 2. The van der Waals surface area contributed by atoms with Gasteiger partial charge in [-0.1, -0.05) is 24.3 Å². The van der Waals surface area contributed by atoms with E-state index in [2.05, 4.69) is 12.1 Å². The molecule has 1 amide bonds. The number of nitrogens with zero attached hydrogens (tertiary/aromatic N) is 1. The molecule has 2 atom stereocenters. The second-order valence-corrected chi connectivity index (χ2v) is 6.96. The quantitative estimate of drug-likeness (QED) is 0.794. The smallest absolute Gasteiger partial charge is 0.272 e. The summed E-state index contributed by atoms with van der Waals surface area (Å²) in [6.07, 6.45) is 4.08. The largest absolute Gasteiger partial charge is 0.615 e. The van der Waals surface area contributed by atoms with Gasteiger partial charge < -0.3 is 9.45 Å². The molecule has 0 aromatic heterocycles. The second kappa shape index (κ2) is 5.55. The van der Waals surface area contributed by atoms with Gasteiger partial charge in [-0.05, 0) is 36.0 Å². The zero-order chi connectivity index (χ0) is 13.2. The van der Waals surface area contributed by atoms with Crippen molar-refractivity contribution >= 4 is 17.1 Å². The Balaban J connectivity index is 1.65. The van der Waals surface area contributed by atoms with Crippen LogP contribution >= 0.6 is 0 Å². The molecule has 1 aromatic carbocycles. The SMILES string of the molecule is O=C(C[S+]([O-])C1CCc2ccccc21)N1CCCC1. The van der Waals surface area contributed by atoms with Crippen molar-refractivity contribution in [2.75, 3.05) is 18.8 Å². The molecule has 0 spiro atoms. The van der Waals surface area contributed by atoms with Gasteiger partial charge in [0.1, 0.15) is 5.25 Å². The van der Waals surface area contributed by atoms with Crippen molar-refractivity contribution in [2.45, 2.75) is 30.9 Å². The number of hydrogen-bond donors (Lipinski definition) is 0. The average molecular weight is 277 g/mol. The Bertz CT molecular complexity index is 471. The first-order valence-corrected chi connectivity index (χ1v) is 8.36. The van der Waals surface area contributed by atoms with E-state index in [4.69, 9.17) is 0 Å². The first-order valence-electron chi connectivity index (χ1n) is 6.98. The van der Waals surface area contributed by atoms with Crippen LogP contribution in [0, 0.1) is 0 Å². The molecular formula is C15H19NO2S. The number of rotatable bonds is 3. The number of carbonyl (C=O) groups excluding carboxylic acids is 1. The molecule has 0 N–H and O–H groups in total. The van der Waals surface area contributed by atoms with E-state index in [-0.39, 0.29) is 16.9 Å². The summed E-state index contributed by atoms with van der Waals surface area (Å²) >= 11 is -1.07. The molecule has 19 heavy (non-hydrogen) atoms. The van der Waals surface area contributed by atoms with E-state index >= 15 is 0 Å². The molecule has 0 saturated carbocycles. The third-order valence-electron chi connectivity index (χ3n) is 4.12. The highest BCUT2D eigenvalue weighted by Crippen LogP contribution is 2.37. The average Bonchev–Trinajstić information content (AvgIpc) is 3.08. The molecule has 0 bridgehead atoms. The summed E-state index contributed by atoms with van der Waals surface area (Å²) in [5.74, 6) is 0.263. The highest BCUT2D eigenvalue weighted by Gasteiger charge is 2.34. The van der Waals surface area contributed by atoms with Crippen molar-refractivity contribution in [3.05, 3.63) is 35.4 Å². The first-order chi connectivity index (χ1) is 9.25. The number of aryl methyl sites for hydroxylation is 1. The Morgan fingerprint density at radius 3 is 2.84 bits per heavy atom. The van der Waals surface area contributed by atoms with Crippen LogP contribution in [0.5, 0.6) is 0 Å². The highest BCUT2D eigenvalue weighted by molar-refractivity contribution is 7.92. The van der Waals surface area contributed by atoms with Crippen molar-refractivity contribution in [3.63, 3.8) is 0 Å². The third kappa shape index (κ3) is 2.65. The minimum absolute atomic E-state index is 0.0581. The summed E-state index contributed by atoms with van der Waals surface area (Å²) < 4.78 is 12.4. The molecule has 4 heteroatoms. The lowest BCUT2D eigenvalue weighted by Crippen LogP contribution is -2.34. The fourth-order valence-corrected chi connectivity index (χ4v) is 4.59. The van der Waals surface area contributed by atoms with Gasteiger partial charge in [-0.15, -0.1) is 0 Å². The third-order valence-corrected chi connectivity index (χ3v) is 5.78. The molecule has 1 aliphatic carbocycles. The predicted octanol–water partition coefficient (Wildman–Crippen LogP) is 2.04. The highest BCUT2D eigenvalue weighted by atomic mass is 32.2. The fourth-order valence-electron chi connectivity index (χ4n) is 3.07. The van der Waals surface area contributed by atoms with E-state index in [9.17, 15) is 9.35 Å². The summed E-state index contributed by atoms with van der Waals surface area (Å²) in [5.41, 5.74) is 2.49. The van der Waals surface area contributed by atoms with E-state index in [1.54, 1.807) is 0 Å². The van der Waals surface area contributed by atoms with Crippen LogP contribution in [-0.2, 0) is 22.4 Å². The maximum Gasteiger partial charge on any atom is 0.272 e. The Hall–Kier alpha value is -1.00. The maximum absolute atomic E-state index is 12.4. The topological polar surface area (TPSA) is 43.4 Å². The van der Waals surface area contributed by atoms with Gasteiger partial charge in [-0.3, -0.25) is 4.79 Å². The van der Waals surface area contributed by atoms with E-state index in [0.717, 1.165) is 38.8 Å². The van der Waals surface area contributed by atoms with E-state index in [1.165, 1.54) is 11.1 Å². The summed E-state index contributed by atoms with van der Waals surface area (Å²) in [6.45, 7) is 1.69. The molecule has 1 aromatic rings. The van der Waals surface area contributed by atoms with Gasteiger partial charge in [0.2, 0.25) is 0 Å². The molecule has 2 aliphatic rings. The first kappa shape index (κ1) is 13.0. The van der Waals surface area contributed by atoms with Gasteiger partial charge in [-0.25, -0.2) is 0 Å². The summed E-state index contributed by atoms with van der Waals surface area (Å²) in [7, 11) is 0. The van der Waals surface area contributed by atoms with Gasteiger partial charge in [0.15, 0.2) is 5.75 Å². The maximum atomic E-state index is 12.4. The summed E-state index contributed by atoms with van der Waals surface area (Å²) in [4.78, 5) is 13.9. The minimum atomic E-state index is -1.07. The van der Waals surface area contributed by atoms with Crippen molar-refractivity contribution in [2.24, 2.45) is 0 Å². The van der Waals surface area contributed by atoms with Crippen LogP contribution in [0.3, 0.4) is 0 Å². The normalized spacial score (nSPS) is 23.4. The molecule has 0 radical (unpaired) electrons. The fraction of sp³-hybridized carbons (Fsp3) is 0.533. The summed E-state index contributed by atoms with van der Waals surface area (Å²) in [5, 5.41) is 0.0581. The molecule has 1 aliphatic heterocycles. The lowest BCUT2D eigenvalue weighted by atomic mass is 10.1. The standard InChI is InChI=1S/C15H19NO2S/c17-15(16-9-3-4-10-16)11-19(18)14-8-7-12-5-1-2-6-13(12)14/h1-2,5-6,14H,3-4,7-11H2. The Kier molecular flexibility index (Phi) is 3.80. The van der Waals surface area contributed by atoms with Crippen molar-refractivity contribution in [3.8, 4) is 0 Å². The van der Waals surface area contributed by atoms with E-state index in [0.29, 0.717) is 0 Å². The van der Waals surface area contributed by atoms with Crippen molar-refractivity contribution in [1.82, 2.24) is 4.90 Å². The number of carbonyl (C=O) groups is 1. The second-order valence-electron chi connectivity index (χ2n) is 5.34. The molecular weight excluding hydrogens is 258 g/mol. The zero-order valence-electron chi connectivity index (χ0n) is 11.0. The van der Waals surface area contributed by atoms with Gasteiger partial charge in [-0.2, -0.15) is 0 Å². The Labute approximate surface area is 117 Å². The van der Waals surface area contributed by atoms with Crippen molar-refractivity contribution in [1.29, 1.82) is 0 Å². The van der Waals surface area contributed by atoms with Crippen LogP contribution in [0.15, 0.2) is 24.3 Å². The minimum Gasteiger partial charge on any atom is -0.615 e. The van der Waals surface area contributed by atoms with Gasteiger partial charge in [0.25, 0.3) is 5.91 Å². The van der Waals surface area contributed by atoms with Gasteiger partial charge in [0.05, 0.1) is 0 Å².